The standard InChI is InChI=1S/C23H14ClF3N2O3/c1-32-15-6-2-12(3-7-15)20-21(28-13-4-8-18(26)19(27)10-13)23(31)29(22(20)30)14-5-9-17(25)16(24)11-14/h2-11,28H,1H3. The van der Waals surface area contributed by atoms with Crippen molar-refractivity contribution in [2.24, 2.45) is 0 Å². The number of methoxy groups -OCH3 is 1. The molecule has 0 bridgehead atoms. The number of hydrogen-bond acceptors (Lipinski definition) is 4. The molecular formula is C23H14ClF3N2O3. The van der Waals surface area contributed by atoms with Crippen LogP contribution in [0.2, 0.25) is 5.02 Å². The summed E-state index contributed by atoms with van der Waals surface area (Å²) >= 11 is 5.83. The first-order valence-corrected chi connectivity index (χ1v) is 9.62. The Labute approximate surface area is 185 Å². The Hall–Kier alpha value is -3.78. The maximum Gasteiger partial charge on any atom is 0.282 e. The second kappa shape index (κ2) is 8.39. The number of nitrogens with zero attached hydrogens (tertiary/aromatic N) is 1. The zero-order valence-electron chi connectivity index (χ0n) is 16.5. The number of amides is 2. The topological polar surface area (TPSA) is 58.6 Å². The van der Waals surface area contributed by atoms with Crippen LogP contribution in [0.4, 0.5) is 24.5 Å². The van der Waals surface area contributed by atoms with E-state index in [9.17, 15) is 22.8 Å². The van der Waals surface area contributed by atoms with Crippen LogP contribution in [0.3, 0.4) is 0 Å². The van der Waals surface area contributed by atoms with Gasteiger partial charge in [0.1, 0.15) is 17.3 Å². The molecule has 0 fully saturated rings. The number of hydrogen-bond donors (Lipinski definition) is 1. The molecule has 0 saturated heterocycles. The van der Waals surface area contributed by atoms with E-state index in [4.69, 9.17) is 16.3 Å². The molecule has 5 nitrogen and oxygen atoms in total. The molecule has 1 aliphatic rings. The lowest BCUT2D eigenvalue weighted by Crippen LogP contribution is -2.32. The van der Waals surface area contributed by atoms with Gasteiger partial charge in [0, 0.05) is 11.8 Å². The van der Waals surface area contributed by atoms with Crippen LogP contribution in [0.25, 0.3) is 5.57 Å². The van der Waals surface area contributed by atoms with E-state index in [1.807, 2.05) is 0 Å². The van der Waals surface area contributed by atoms with Crippen molar-refractivity contribution < 1.29 is 27.5 Å². The quantitative estimate of drug-likeness (QED) is 0.536. The van der Waals surface area contributed by atoms with Gasteiger partial charge in [-0.15, -0.1) is 0 Å². The Kier molecular flexibility index (Phi) is 5.63. The van der Waals surface area contributed by atoms with Gasteiger partial charge in [0.05, 0.1) is 23.4 Å². The molecule has 32 heavy (non-hydrogen) atoms. The van der Waals surface area contributed by atoms with E-state index >= 15 is 0 Å². The van der Waals surface area contributed by atoms with E-state index < -0.39 is 29.3 Å². The van der Waals surface area contributed by atoms with Gasteiger partial charge in [-0.1, -0.05) is 23.7 Å². The van der Waals surface area contributed by atoms with Gasteiger partial charge >= 0.3 is 0 Å². The lowest BCUT2D eigenvalue weighted by Gasteiger charge is -2.16. The Morgan fingerprint density at radius 2 is 1.53 bits per heavy atom. The first-order chi connectivity index (χ1) is 15.3. The summed E-state index contributed by atoms with van der Waals surface area (Å²) < 4.78 is 45.7. The number of anilines is 2. The van der Waals surface area contributed by atoms with Crippen LogP contribution in [0.15, 0.2) is 66.4 Å². The molecule has 0 saturated carbocycles. The normalized spacial score (nSPS) is 13.7. The van der Waals surface area contributed by atoms with Crippen LogP contribution in [0.1, 0.15) is 5.56 Å². The molecule has 0 radical (unpaired) electrons. The average Bonchev–Trinajstić information content (AvgIpc) is 3.02. The van der Waals surface area contributed by atoms with Crippen LogP contribution < -0.4 is 15.0 Å². The minimum Gasteiger partial charge on any atom is -0.497 e. The SMILES string of the molecule is COc1ccc(C2=C(Nc3ccc(F)c(F)c3)C(=O)N(c3ccc(F)c(Cl)c3)C2=O)cc1. The Balaban J connectivity index is 1.82. The number of halogens is 4. The number of benzene rings is 3. The minimum absolute atomic E-state index is 0.0113. The van der Waals surface area contributed by atoms with Gasteiger partial charge in [-0.3, -0.25) is 9.59 Å². The predicted octanol–water partition coefficient (Wildman–Crippen LogP) is 5.16. The summed E-state index contributed by atoms with van der Waals surface area (Å²) in [5, 5.41) is 2.45. The Morgan fingerprint density at radius 1 is 0.844 bits per heavy atom. The molecule has 1 aliphatic heterocycles. The molecule has 0 spiro atoms. The minimum atomic E-state index is -1.12. The molecular weight excluding hydrogens is 445 g/mol. The third kappa shape index (κ3) is 3.80. The lowest BCUT2D eigenvalue weighted by atomic mass is 10.0. The molecule has 3 aromatic rings. The summed E-state index contributed by atoms with van der Waals surface area (Å²) in [5.74, 6) is -3.83. The van der Waals surface area contributed by atoms with Crippen molar-refractivity contribution in [2.75, 3.05) is 17.3 Å². The smallest absolute Gasteiger partial charge is 0.282 e. The fourth-order valence-electron chi connectivity index (χ4n) is 3.25. The van der Waals surface area contributed by atoms with Gasteiger partial charge in [-0.05, 0) is 48.0 Å². The highest BCUT2D eigenvalue weighted by molar-refractivity contribution is 6.46. The maximum absolute atomic E-state index is 13.7. The molecule has 0 atom stereocenters. The maximum atomic E-state index is 13.7. The number of imide groups is 1. The van der Waals surface area contributed by atoms with Crippen molar-refractivity contribution in [2.45, 2.75) is 0 Å². The largest absolute Gasteiger partial charge is 0.497 e. The second-order valence-electron chi connectivity index (χ2n) is 6.78. The first kappa shape index (κ1) is 21.5. The zero-order valence-corrected chi connectivity index (χ0v) is 17.2. The van der Waals surface area contributed by atoms with E-state index in [0.717, 1.165) is 29.2 Å². The van der Waals surface area contributed by atoms with E-state index in [0.29, 0.717) is 11.3 Å². The van der Waals surface area contributed by atoms with Crippen molar-refractivity contribution in [1.82, 2.24) is 0 Å². The van der Waals surface area contributed by atoms with Crippen molar-refractivity contribution in [1.29, 1.82) is 0 Å². The summed E-state index contributed by atoms with van der Waals surface area (Å²) in [6.07, 6.45) is 0. The molecule has 0 unspecified atom stereocenters. The number of carbonyl (C=O) groups is 2. The molecule has 0 aliphatic carbocycles. The number of carbonyl (C=O) groups excluding carboxylic acids is 2. The molecule has 9 heteroatoms. The highest BCUT2D eigenvalue weighted by Crippen LogP contribution is 2.35. The van der Waals surface area contributed by atoms with Crippen molar-refractivity contribution in [3.63, 3.8) is 0 Å². The molecule has 4 rings (SSSR count). The summed E-state index contributed by atoms with van der Waals surface area (Å²) in [7, 11) is 1.48. The van der Waals surface area contributed by atoms with Crippen LogP contribution in [0.5, 0.6) is 5.75 Å². The zero-order chi connectivity index (χ0) is 23.0. The Morgan fingerprint density at radius 3 is 2.16 bits per heavy atom. The first-order valence-electron chi connectivity index (χ1n) is 9.24. The molecule has 162 valence electrons. The monoisotopic (exact) mass is 458 g/mol. The molecule has 1 N–H and O–H groups in total. The molecule has 3 aromatic carbocycles. The predicted molar refractivity (Wildman–Crippen MR) is 114 cm³/mol. The van der Waals surface area contributed by atoms with Gasteiger partial charge in [-0.2, -0.15) is 0 Å². The fraction of sp³-hybridized carbons (Fsp3) is 0.0435. The van der Waals surface area contributed by atoms with Gasteiger partial charge in [-0.25, -0.2) is 18.1 Å². The van der Waals surface area contributed by atoms with Crippen molar-refractivity contribution >= 4 is 40.4 Å². The third-order valence-electron chi connectivity index (χ3n) is 4.81. The molecule has 1 heterocycles. The Bertz CT molecular complexity index is 1280. The van der Waals surface area contributed by atoms with Gasteiger partial charge in [0.25, 0.3) is 11.8 Å². The van der Waals surface area contributed by atoms with E-state index in [-0.39, 0.29) is 27.7 Å². The van der Waals surface area contributed by atoms with Crippen LogP contribution in [0, 0.1) is 17.5 Å². The van der Waals surface area contributed by atoms with Crippen molar-refractivity contribution in [3.8, 4) is 5.75 Å². The highest BCUT2D eigenvalue weighted by Gasteiger charge is 2.40. The highest BCUT2D eigenvalue weighted by atomic mass is 35.5. The van der Waals surface area contributed by atoms with Crippen LogP contribution in [-0.2, 0) is 9.59 Å². The summed E-state index contributed by atoms with van der Waals surface area (Å²) in [4.78, 5) is 27.4. The van der Waals surface area contributed by atoms with Crippen LogP contribution >= 0.6 is 11.6 Å². The number of ether oxygens (including phenoxy) is 1. The number of nitrogens with one attached hydrogen (secondary N) is 1. The van der Waals surface area contributed by atoms with E-state index in [1.54, 1.807) is 24.3 Å². The van der Waals surface area contributed by atoms with E-state index in [2.05, 4.69) is 5.32 Å². The van der Waals surface area contributed by atoms with Crippen LogP contribution in [-0.4, -0.2) is 18.9 Å². The lowest BCUT2D eigenvalue weighted by molar-refractivity contribution is -0.120. The third-order valence-corrected chi connectivity index (χ3v) is 5.10. The van der Waals surface area contributed by atoms with Gasteiger partial charge < -0.3 is 10.1 Å². The van der Waals surface area contributed by atoms with Crippen molar-refractivity contribution in [3.05, 3.63) is 94.4 Å². The van der Waals surface area contributed by atoms with Gasteiger partial charge in [0.15, 0.2) is 11.6 Å². The summed E-state index contributed by atoms with van der Waals surface area (Å²) in [6.45, 7) is 0. The second-order valence-corrected chi connectivity index (χ2v) is 7.18. The fourth-order valence-corrected chi connectivity index (χ4v) is 3.42. The average molecular weight is 459 g/mol. The number of rotatable bonds is 5. The molecule has 2 amide bonds. The summed E-state index contributed by atoms with van der Waals surface area (Å²) in [5.41, 5.74) is 0.323. The van der Waals surface area contributed by atoms with Gasteiger partial charge in [0.2, 0.25) is 0 Å². The summed E-state index contributed by atoms with van der Waals surface area (Å²) in [6, 6.07) is 12.8. The van der Waals surface area contributed by atoms with E-state index in [1.165, 1.54) is 19.2 Å². The molecule has 0 aromatic heterocycles.